The van der Waals surface area contributed by atoms with Gasteiger partial charge < -0.3 is 20.6 Å². The highest BCUT2D eigenvalue weighted by Gasteiger charge is 2.28. The maximum Gasteiger partial charge on any atom is 0.161 e. The molecule has 0 spiro atoms. The van der Waals surface area contributed by atoms with E-state index < -0.39 is 0 Å². The number of carbonyl (C=O) groups is 2. The molecule has 34 heavy (non-hydrogen) atoms. The van der Waals surface area contributed by atoms with Crippen LogP contribution in [0.3, 0.4) is 0 Å². The predicted molar refractivity (Wildman–Crippen MR) is 146 cm³/mol. The van der Waals surface area contributed by atoms with Gasteiger partial charge in [-0.2, -0.15) is 0 Å². The molecule has 4 N–H and O–H groups in total. The first kappa shape index (κ1) is 30.5. The van der Waals surface area contributed by atoms with E-state index in [1.807, 2.05) is 20.6 Å². The summed E-state index contributed by atoms with van der Waals surface area (Å²) < 4.78 is 0. The van der Waals surface area contributed by atoms with E-state index in [4.69, 9.17) is 20.3 Å². The number of nitrogens with two attached hydrogens (primary N) is 1. The van der Waals surface area contributed by atoms with Crippen LogP contribution in [-0.2, 0) is 22.7 Å². The Morgan fingerprint density at radius 3 is 2.44 bits per heavy atom. The zero-order valence-corrected chi connectivity index (χ0v) is 20.4. The standard InChI is InChI=1S/C20H21N5S.C2H4O.C2H6.CH2O.CH4/c1-3-13(9-21)15(4-2)20-23-19-18(26-20)12-25(24-19)17-11-22-10-14-7-5-6-8-16(14)17;1-2-3;2*1-2;/h3-8,11,22,24H,1-2,9-10,12,21H2;2H,1H3;1-2H3;1H2;1H4/b15-13-;;;;. The van der Waals surface area contributed by atoms with Crippen LogP contribution in [-0.4, -0.2) is 29.6 Å². The van der Waals surface area contributed by atoms with Gasteiger partial charge in [0.05, 0.1) is 17.1 Å². The van der Waals surface area contributed by atoms with Crippen molar-refractivity contribution in [1.29, 1.82) is 0 Å². The highest BCUT2D eigenvalue weighted by molar-refractivity contribution is 7.13. The van der Waals surface area contributed by atoms with Crippen LogP contribution in [0.4, 0.5) is 5.82 Å². The molecule has 0 atom stereocenters. The molecule has 4 rings (SSSR count). The Labute approximate surface area is 207 Å². The number of hydrazine groups is 1. The normalized spacial score (nSPS) is 12.8. The summed E-state index contributed by atoms with van der Waals surface area (Å²) >= 11 is 1.67. The summed E-state index contributed by atoms with van der Waals surface area (Å²) in [7, 11) is 0. The fraction of sp³-hybridized carbons (Fsp3) is 0.269. The Hall–Kier alpha value is -3.49. The van der Waals surface area contributed by atoms with Crippen molar-refractivity contribution in [2.75, 3.05) is 12.0 Å². The van der Waals surface area contributed by atoms with Crippen LogP contribution >= 0.6 is 11.3 Å². The van der Waals surface area contributed by atoms with Gasteiger partial charge in [-0.1, -0.05) is 70.8 Å². The number of aromatic nitrogens is 1. The number of anilines is 1. The summed E-state index contributed by atoms with van der Waals surface area (Å²) in [5.41, 5.74) is 14.8. The maximum absolute atomic E-state index is 8.81. The van der Waals surface area contributed by atoms with Gasteiger partial charge in [0.15, 0.2) is 5.82 Å². The molecule has 2 aliphatic rings. The van der Waals surface area contributed by atoms with Crippen LogP contribution < -0.4 is 16.5 Å². The number of benzene rings is 1. The van der Waals surface area contributed by atoms with E-state index in [1.165, 1.54) is 22.9 Å². The maximum atomic E-state index is 8.81. The van der Waals surface area contributed by atoms with Crippen molar-refractivity contribution in [3.8, 4) is 0 Å². The van der Waals surface area contributed by atoms with Crippen LogP contribution in [0.1, 0.15) is 49.2 Å². The van der Waals surface area contributed by atoms with E-state index in [1.54, 1.807) is 23.5 Å². The van der Waals surface area contributed by atoms with E-state index in [0.29, 0.717) is 6.54 Å². The minimum atomic E-state index is 0. The second kappa shape index (κ2) is 16.2. The number of nitrogens with zero attached hydrogens (tertiary/aromatic N) is 2. The van der Waals surface area contributed by atoms with Crippen LogP contribution in [0.2, 0.25) is 0 Å². The van der Waals surface area contributed by atoms with Crippen molar-refractivity contribution in [1.82, 2.24) is 15.3 Å². The van der Waals surface area contributed by atoms with Gasteiger partial charge in [-0.25, -0.2) is 4.98 Å². The van der Waals surface area contributed by atoms with E-state index in [2.05, 4.69) is 59.4 Å². The Kier molecular flexibility index (Phi) is 14.5. The molecule has 2 aliphatic heterocycles. The highest BCUT2D eigenvalue weighted by Crippen LogP contribution is 2.38. The number of hydrogen-bond donors (Lipinski definition) is 3. The highest BCUT2D eigenvalue weighted by atomic mass is 32.1. The van der Waals surface area contributed by atoms with Gasteiger partial charge in [0.1, 0.15) is 18.1 Å². The van der Waals surface area contributed by atoms with Gasteiger partial charge in [0.2, 0.25) is 0 Å². The predicted octanol–water partition coefficient (Wildman–Crippen LogP) is 5.15. The van der Waals surface area contributed by atoms with E-state index in [0.717, 1.165) is 47.0 Å². The zero-order chi connectivity index (χ0) is 24.8. The average Bonchev–Trinajstić information content (AvgIpc) is 3.44. The first-order valence-electron chi connectivity index (χ1n) is 10.6. The fourth-order valence-corrected chi connectivity index (χ4v) is 4.34. The molecule has 0 saturated heterocycles. The Balaban J connectivity index is 0.00000124. The SMILES string of the molecule is C.C=C/C(CN)=C(\C=C)c1nc2c(s1)CN(C1=CNCc3ccccc31)N2.C=O.CC.CC=O. The topological polar surface area (TPSA) is 100 Å². The fourth-order valence-electron chi connectivity index (χ4n) is 3.26. The van der Waals surface area contributed by atoms with Gasteiger partial charge in [-0.15, -0.1) is 11.3 Å². The van der Waals surface area contributed by atoms with E-state index >= 15 is 0 Å². The number of rotatable bonds is 5. The van der Waals surface area contributed by atoms with Gasteiger partial charge in [-0.05, 0) is 18.1 Å². The number of fused-ring (bicyclic) bond motifs is 2. The monoisotopic (exact) mass is 483 g/mol. The lowest BCUT2D eigenvalue weighted by atomic mass is 10.0. The molecule has 8 heteroatoms. The molecule has 7 nitrogen and oxygen atoms in total. The summed E-state index contributed by atoms with van der Waals surface area (Å²) in [5.74, 6) is 0.897. The second-order valence-electron chi connectivity index (χ2n) is 6.34. The minimum absolute atomic E-state index is 0. The first-order chi connectivity index (χ1) is 16.2. The van der Waals surface area contributed by atoms with Crippen LogP contribution in [0.15, 0.2) is 61.3 Å². The number of allylic oxidation sites excluding steroid dienone is 2. The van der Waals surface area contributed by atoms with Crippen LogP contribution in [0.25, 0.3) is 11.3 Å². The number of hydrogen-bond acceptors (Lipinski definition) is 8. The molecule has 0 bridgehead atoms. The average molecular weight is 484 g/mol. The molecule has 0 radical (unpaired) electrons. The van der Waals surface area contributed by atoms with Crippen molar-refractivity contribution in [3.05, 3.63) is 82.4 Å². The Morgan fingerprint density at radius 2 is 1.88 bits per heavy atom. The molecule has 0 fully saturated rings. The number of nitrogens with one attached hydrogen (secondary N) is 2. The van der Waals surface area contributed by atoms with Crippen molar-refractivity contribution in [2.24, 2.45) is 5.73 Å². The molecule has 0 amide bonds. The van der Waals surface area contributed by atoms with Gasteiger partial charge in [-0.3, -0.25) is 10.4 Å². The van der Waals surface area contributed by atoms with Crippen molar-refractivity contribution in [3.63, 3.8) is 0 Å². The summed E-state index contributed by atoms with van der Waals surface area (Å²) in [6.07, 6.45) is 6.39. The lowest BCUT2D eigenvalue weighted by Gasteiger charge is -2.27. The Morgan fingerprint density at radius 1 is 1.24 bits per heavy atom. The zero-order valence-electron chi connectivity index (χ0n) is 19.6. The summed E-state index contributed by atoms with van der Waals surface area (Å²) in [5, 5.41) is 6.41. The van der Waals surface area contributed by atoms with Gasteiger partial charge in [0.25, 0.3) is 0 Å². The van der Waals surface area contributed by atoms with Crippen LogP contribution in [0, 0.1) is 0 Å². The lowest BCUT2D eigenvalue weighted by Crippen LogP contribution is -2.27. The molecular weight excluding hydrogens is 446 g/mol. The second-order valence-corrected chi connectivity index (χ2v) is 7.43. The molecule has 0 saturated carbocycles. The first-order valence-corrected chi connectivity index (χ1v) is 11.4. The number of thiazole rings is 1. The smallest absolute Gasteiger partial charge is 0.161 e. The molecular formula is C26H37N5O2S. The molecule has 3 heterocycles. The third-order valence-electron chi connectivity index (χ3n) is 4.60. The number of carbonyl (C=O) groups excluding carboxylic acids is 2. The Bertz CT molecular complexity index is 987. The lowest BCUT2D eigenvalue weighted by molar-refractivity contribution is -0.106. The van der Waals surface area contributed by atoms with Crippen molar-refractivity contribution < 1.29 is 9.59 Å². The molecule has 0 unspecified atom stereocenters. The van der Waals surface area contributed by atoms with E-state index in [-0.39, 0.29) is 7.43 Å². The van der Waals surface area contributed by atoms with Gasteiger partial charge in [0, 0.05) is 30.4 Å². The van der Waals surface area contributed by atoms with Crippen molar-refractivity contribution in [2.45, 2.75) is 41.3 Å². The summed E-state index contributed by atoms with van der Waals surface area (Å²) in [6.45, 7) is 17.2. The molecule has 184 valence electrons. The largest absolute Gasteiger partial charge is 0.385 e. The summed E-state index contributed by atoms with van der Waals surface area (Å²) in [4.78, 5) is 22.8. The molecule has 1 aromatic heterocycles. The molecule has 0 aliphatic carbocycles. The van der Waals surface area contributed by atoms with Crippen molar-refractivity contribution >= 4 is 41.5 Å². The molecule has 1 aromatic carbocycles. The molecule has 2 aromatic rings. The van der Waals surface area contributed by atoms with Gasteiger partial charge >= 0.3 is 0 Å². The third-order valence-corrected chi connectivity index (χ3v) is 5.68. The third kappa shape index (κ3) is 7.00. The summed E-state index contributed by atoms with van der Waals surface area (Å²) in [6, 6.07) is 8.46. The van der Waals surface area contributed by atoms with E-state index in [9.17, 15) is 0 Å². The number of aldehydes is 1. The minimum Gasteiger partial charge on any atom is -0.385 e. The quantitative estimate of drug-likeness (QED) is 0.399. The van der Waals surface area contributed by atoms with Crippen LogP contribution in [0.5, 0.6) is 0 Å².